The Morgan fingerprint density at radius 1 is 1.50 bits per heavy atom. The number of hydrogen-bond acceptors (Lipinski definition) is 3. The van der Waals surface area contributed by atoms with Crippen molar-refractivity contribution in [3.8, 4) is 0 Å². The molecule has 3 nitrogen and oxygen atoms in total. The van der Waals surface area contributed by atoms with Crippen LogP contribution in [0.5, 0.6) is 0 Å². The molecule has 1 aliphatic heterocycles. The molecule has 0 saturated carbocycles. The highest BCUT2D eigenvalue weighted by Crippen LogP contribution is 2.18. The molecule has 2 atom stereocenters. The van der Waals surface area contributed by atoms with E-state index < -0.39 is 0 Å². The standard InChI is InChI=1S/C9H19NO2/c1-8(12)9-4-2-3-5-10(9)6-7-11/h8-9,11-12H,2-7H2,1H3/t8-,9-/m1/s1. The molecule has 0 aromatic carbocycles. The minimum atomic E-state index is -0.267. The SMILES string of the molecule is C[C@@H](O)[C@H]1CCCCN1CCO. The molecule has 3 heteroatoms. The maximum atomic E-state index is 9.45. The highest BCUT2D eigenvalue weighted by atomic mass is 16.3. The third kappa shape index (κ3) is 2.44. The van der Waals surface area contributed by atoms with Crippen LogP contribution in [0.15, 0.2) is 0 Å². The number of piperidine rings is 1. The number of nitrogens with zero attached hydrogens (tertiary/aromatic N) is 1. The first-order valence-electron chi connectivity index (χ1n) is 4.78. The zero-order valence-corrected chi connectivity index (χ0v) is 7.74. The van der Waals surface area contributed by atoms with Crippen molar-refractivity contribution >= 4 is 0 Å². The predicted molar refractivity (Wildman–Crippen MR) is 48.0 cm³/mol. The lowest BCUT2D eigenvalue weighted by atomic mass is 9.98. The molecule has 72 valence electrons. The molecule has 0 aromatic heterocycles. The summed E-state index contributed by atoms with van der Waals surface area (Å²) in [6.45, 7) is 3.76. The average molecular weight is 173 g/mol. The Kier molecular flexibility index (Phi) is 3.98. The van der Waals surface area contributed by atoms with Crippen LogP contribution in [0.25, 0.3) is 0 Å². The van der Waals surface area contributed by atoms with Gasteiger partial charge in [0, 0.05) is 12.6 Å². The van der Waals surface area contributed by atoms with E-state index >= 15 is 0 Å². The van der Waals surface area contributed by atoms with Gasteiger partial charge in [-0.1, -0.05) is 6.42 Å². The van der Waals surface area contributed by atoms with Crippen molar-refractivity contribution in [2.45, 2.75) is 38.3 Å². The Morgan fingerprint density at radius 2 is 2.25 bits per heavy atom. The van der Waals surface area contributed by atoms with Gasteiger partial charge in [0.15, 0.2) is 0 Å². The van der Waals surface area contributed by atoms with E-state index in [-0.39, 0.29) is 18.8 Å². The lowest BCUT2D eigenvalue weighted by Gasteiger charge is -2.36. The number of hydrogen-bond donors (Lipinski definition) is 2. The first kappa shape index (κ1) is 9.96. The highest BCUT2D eigenvalue weighted by molar-refractivity contribution is 4.80. The summed E-state index contributed by atoms with van der Waals surface area (Å²) in [5, 5.41) is 18.2. The molecule has 1 rings (SSSR count). The van der Waals surface area contributed by atoms with Crippen molar-refractivity contribution in [2.75, 3.05) is 19.7 Å². The molecule has 0 aliphatic carbocycles. The summed E-state index contributed by atoms with van der Waals surface area (Å²) in [7, 11) is 0. The topological polar surface area (TPSA) is 43.7 Å². The van der Waals surface area contributed by atoms with Crippen molar-refractivity contribution in [3.05, 3.63) is 0 Å². The van der Waals surface area contributed by atoms with Crippen LogP contribution in [-0.4, -0.2) is 47.0 Å². The summed E-state index contributed by atoms with van der Waals surface area (Å²) in [5.41, 5.74) is 0. The maximum absolute atomic E-state index is 9.45. The molecular weight excluding hydrogens is 154 g/mol. The van der Waals surface area contributed by atoms with Crippen LogP contribution in [0.1, 0.15) is 26.2 Å². The van der Waals surface area contributed by atoms with E-state index in [9.17, 15) is 5.11 Å². The van der Waals surface area contributed by atoms with Crippen molar-refractivity contribution in [1.29, 1.82) is 0 Å². The molecule has 1 saturated heterocycles. The molecule has 2 N–H and O–H groups in total. The molecule has 0 aromatic rings. The summed E-state index contributed by atoms with van der Waals surface area (Å²) in [6.07, 6.45) is 3.20. The van der Waals surface area contributed by atoms with Gasteiger partial charge < -0.3 is 10.2 Å². The molecule has 0 unspecified atom stereocenters. The number of likely N-dealkylation sites (tertiary alicyclic amines) is 1. The van der Waals surface area contributed by atoms with E-state index in [4.69, 9.17) is 5.11 Å². The van der Waals surface area contributed by atoms with Crippen molar-refractivity contribution in [3.63, 3.8) is 0 Å². The van der Waals surface area contributed by atoms with Crippen LogP contribution in [0.3, 0.4) is 0 Å². The van der Waals surface area contributed by atoms with Gasteiger partial charge in [0.05, 0.1) is 12.7 Å². The quantitative estimate of drug-likeness (QED) is 0.641. The zero-order chi connectivity index (χ0) is 8.97. The Morgan fingerprint density at radius 3 is 2.83 bits per heavy atom. The highest BCUT2D eigenvalue weighted by Gasteiger charge is 2.25. The van der Waals surface area contributed by atoms with Crippen LogP contribution < -0.4 is 0 Å². The molecule has 0 bridgehead atoms. The Hall–Kier alpha value is -0.120. The number of aliphatic hydroxyl groups excluding tert-OH is 2. The van der Waals surface area contributed by atoms with Crippen LogP contribution in [0.2, 0.25) is 0 Å². The van der Waals surface area contributed by atoms with Crippen molar-refractivity contribution in [1.82, 2.24) is 4.90 Å². The van der Waals surface area contributed by atoms with Crippen LogP contribution >= 0.6 is 0 Å². The van der Waals surface area contributed by atoms with Crippen molar-refractivity contribution in [2.24, 2.45) is 0 Å². The molecule has 0 spiro atoms. The van der Waals surface area contributed by atoms with Gasteiger partial charge in [0.2, 0.25) is 0 Å². The fourth-order valence-electron chi connectivity index (χ4n) is 1.97. The zero-order valence-electron chi connectivity index (χ0n) is 7.74. The second kappa shape index (κ2) is 4.80. The van der Waals surface area contributed by atoms with E-state index in [1.807, 2.05) is 6.92 Å². The van der Waals surface area contributed by atoms with E-state index in [1.54, 1.807) is 0 Å². The average Bonchev–Trinajstić information content (AvgIpc) is 2.05. The second-order valence-electron chi connectivity index (χ2n) is 3.56. The van der Waals surface area contributed by atoms with Gasteiger partial charge in [0.1, 0.15) is 0 Å². The first-order chi connectivity index (χ1) is 5.75. The summed E-state index contributed by atoms with van der Waals surface area (Å²) in [4.78, 5) is 2.19. The summed E-state index contributed by atoms with van der Waals surface area (Å²) in [6, 6.07) is 0.269. The predicted octanol–water partition coefficient (Wildman–Crippen LogP) is 0.214. The first-order valence-corrected chi connectivity index (χ1v) is 4.78. The molecule has 0 radical (unpaired) electrons. The van der Waals surface area contributed by atoms with E-state index in [0.717, 1.165) is 13.0 Å². The lowest BCUT2D eigenvalue weighted by Crippen LogP contribution is -2.46. The Balaban J connectivity index is 2.42. The number of aliphatic hydroxyl groups is 2. The second-order valence-corrected chi connectivity index (χ2v) is 3.56. The van der Waals surface area contributed by atoms with Gasteiger partial charge in [-0.3, -0.25) is 4.90 Å². The van der Waals surface area contributed by atoms with Gasteiger partial charge in [0.25, 0.3) is 0 Å². The fraction of sp³-hybridized carbons (Fsp3) is 1.00. The van der Waals surface area contributed by atoms with Gasteiger partial charge >= 0.3 is 0 Å². The van der Waals surface area contributed by atoms with E-state index in [2.05, 4.69) is 4.90 Å². The Labute approximate surface area is 74.0 Å². The lowest BCUT2D eigenvalue weighted by molar-refractivity contribution is 0.0273. The summed E-state index contributed by atoms with van der Waals surface area (Å²) in [5.74, 6) is 0. The smallest absolute Gasteiger partial charge is 0.0667 e. The number of β-amino-alcohol motifs (C(OH)–C–C–N with tert-alkyl or cyclic N) is 1. The van der Waals surface area contributed by atoms with Crippen LogP contribution in [0.4, 0.5) is 0 Å². The Bertz CT molecular complexity index is 126. The fourth-order valence-corrected chi connectivity index (χ4v) is 1.97. The monoisotopic (exact) mass is 173 g/mol. The summed E-state index contributed by atoms with van der Waals surface area (Å²) < 4.78 is 0. The van der Waals surface area contributed by atoms with Gasteiger partial charge in [-0.15, -0.1) is 0 Å². The van der Waals surface area contributed by atoms with Gasteiger partial charge in [-0.25, -0.2) is 0 Å². The maximum Gasteiger partial charge on any atom is 0.0667 e. The van der Waals surface area contributed by atoms with Crippen LogP contribution in [-0.2, 0) is 0 Å². The largest absolute Gasteiger partial charge is 0.395 e. The minimum absolute atomic E-state index is 0.198. The summed E-state index contributed by atoms with van der Waals surface area (Å²) >= 11 is 0. The van der Waals surface area contributed by atoms with E-state index in [1.165, 1.54) is 12.8 Å². The molecule has 1 aliphatic rings. The van der Waals surface area contributed by atoms with E-state index in [0.29, 0.717) is 6.54 Å². The molecule has 1 heterocycles. The minimum Gasteiger partial charge on any atom is -0.395 e. The number of rotatable bonds is 3. The normalized spacial score (nSPS) is 28.8. The molecule has 1 fully saturated rings. The van der Waals surface area contributed by atoms with Crippen LogP contribution in [0, 0.1) is 0 Å². The van der Waals surface area contributed by atoms with Gasteiger partial charge in [-0.05, 0) is 26.3 Å². The molecular formula is C9H19NO2. The van der Waals surface area contributed by atoms with Gasteiger partial charge in [-0.2, -0.15) is 0 Å². The molecule has 0 amide bonds. The molecule has 12 heavy (non-hydrogen) atoms. The third-order valence-electron chi connectivity index (χ3n) is 2.61. The third-order valence-corrected chi connectivity index (χ3v) is 2.61. The van der Waals surface area contributed by atoms with Crippen molar-refractivity contribution < 1.29 is 10.2 Å².